The van der Waals surface area contributed by atoms with E-state index in [2.05, 4.69) is 55.5 Å². The van der Waals surface area contributed by atoms with Crippen LogP contribution in [0.2, 0.25) is 0 Å². The molecule has 0 saturated carbocycles. The van der Waals surface area contributed by atoms with Gasteiger partial charge in [-0.25, -0.2) is 5.43 Å². The summed E-state index contributed by atoms with van der Waals surface area (Å²) in [5, 5.41) is 2.05. The van der Waals surface area contributed by atoms with Gasteiger partial charge in [-0.2, -0.15) is 0 Å². The number of thiophene rings is 1. The zero-order valence-corrected chi connectivity index (χ0v) is 12.3. The second-order valence-corrected chi connectivity index (χ2v) is 6.13. The van der Waals surface area contributed by atoms with Crippen LogP contribution in [0.3, 0.4) is 0 Å². The zero-order valence-electron chi connectivity index (χ0n) is 8.28. The normalized spacial score (nSPS) is 12.7. The van der Waals surface area contributed by atoms with Crippen LogP contribution >= 0.6 is 43.2 Å². The van der Waals surface area contributed by atoms with Gasteiger partial charge >= 0.3 is 0 Å². The highest BCUT2D eigenvalue weighted by atomic mass is 79.9. The van der Waals surface area contributed by atoms with Crippen molar-refractivity contribution in [1.29, 1.82) is 0 Å². The van der Waals surface area contributed by atoms with Crippen molar-refractivity contribution < 1.29 is 0 Å². The first-order chi connectivity index (χ1) is 7.70. The van der Waals surface area contributed by atoms with Crippen LogP contribution in [0.5, 0.6) is 0 Å². The number of hydrogen-bond acceptors (Lipinski definition) is 3. The van der Waals surface area contributed by atoms with E-state index in [1.807, 2.05) is 17.5 Å². The molecular weight excluding hydrogens is 352 g/mol. The van der Waals surface area contributed by atoms with E-state index in [0.717, 1.165) is 14.5 Å². The Balaban J connectivity index is 2.41. The average molecular weight is 362 g/mol. The SMILES string of the molecule is NNC(c1cc(Br)cc(Br)c1)c1cccs1. The summed E-state index contributed by atoms with van der Waals surface area (Å²) in [6.45, 7) is 0. The third kappa shape index (κ3) is 2.73. The predicted octanol–water partition coefficient (Wildman–Crippen LogP) is 3.83. The molecule has 5 heteroatoms. The monoisotopic (exact) mass is 360 g/mol. The van der Waals surface area contributed by atoms with Gasteiger partial charge in [0.25, 0.3) is 0 Å². The van der Waals surface area contributed by atoms with Gasteiger partial charge in [0.15, 0.2) is 0 Å². The van der Waals surface area contributed by atoms with Crippen molar-refractivity contribution >= 4 is 43.2 Å². The molecule has 2 aromatic rings. The summed E-state index contributed by atoms with van der Waals surface area (Å²) < 4.78 is 2.07. The van der Waals surface area contributed by atoms with Gasteiger partial charge in [-0.15, -0.1) is 11.3 Å². The Bertz CT molecular complexity index is 451. The molecule has 0 aliphatic heterocycles. The molecule has 0 aliphatic carbocycles. The molecule has 0 saturated heterocycles. The predicted molar refractivity (Wildman–Crippen MR) is 75.3 cm³/mol. The van der Waals surface area contributed by atoms with E-state index in [0.29, 0.717) is 0 Å². The third-order valence-electron chi connectivity index (χ3n) is 2.21. The van der Waals surface area contributed by atoms with Crippen molar-refractivity contribution in [3.8, 4) is 0 Å². The number of benzene rings is 1. The van der Waals surface area contributed by atoms with E-state index in [9.17, 15) is 0 Å². The first kappa shape index (κ1) is 12.3. The van der Waals surface area contributed by atoms with E-state index in [-0.39, 0.29) is 6.04 Å². The minimum atomic E-state index is 0.0359. The highest BCUT2D eigenvalue weighted by Crippen LogP contribution is 2.29. The molecule has 84 valence electrons. The molecule has 0 amide bonds. The van der Waals surface area contributed by atoms with Crippen LogP contribution < -0.4 is 11.3 Å². The average Bonchev–Trinajstić information content (AvgIpc) is 2.70. The molecule has 0 bridgehead atoms. The molecule has 1 heterocycles. The van der Waals surface area contributed by atoms with Crippen molar-refractivity contribution in [3.63, 3.8) is 0 Å². The number of nitrogens with one attached hydrogen (secondary N) is 1. The molecule has 1 unspecified atom stereocenters. The second kappa shape index (κ2) is 5.42. The fraction of sp³-hybridized carbons (Fsp3) is 0.0909. The zero-order chi connectivity index (χ0) is 11.5. The van der Waals surface area contributed by atoms with Crippen LogP contribution in [-0.2, 0) is 0 Å². The number of rotatable bonds is 3. The van der Waals surface area contributed by atoms with Crippen molar-refractivity contribution in [1.82, 2.24) is 5.43 Å². The Morgan fingerprint density at radius 2 is 1.88 bits per heavy atom. The summed E-state index contributed by atoms with van der Waals surface area (Å²) in [4.78, 5) is 1.20. The van der Waals surface area contributed by atoms with Gasteiger partial charge in [0.1, 0.15) is 0 Å². The summed E-state index contributed by atoms with van der Waals surface area (Å²) in [6, 6.07) is 10.3. The fourth-order valence-electron chi connectivity index (χ4n) is 1.54. The summed E-state index contributed by atoms with van der Waals surface area (Å²) in [6.07, 6.45) is 0. The number of halogens is 2. The van der Waals surface area contributed by atoms with Crippen molar-refractivity contribution in [2.24, 2.45) is 5.84 Å². The molecule has 1 atom stereocenters. The maximum atomic E-state index is 5.62. The van der Waals surface area contributed by atoms with Crippen LogP contribution in [0.15, 0.2) is 44.7 Å². The lowest BCUT2D eigenvalue weighted by atomic mass is 10.1. The molecule has 0 aliphatic rings. The van der Waals surface area contributed by atoms with E-state index in [1.165, 1.54) is 4.88 Å². The minimum Gasteiger partial charge on any atom is -0.271 e. The molecule has 2 rings (SSSR count). The van der Waals surface area contributed by atoms with Crippen LogP contribution in [0.4, 0.5) is 0 Å². The first-order valence-corrected chi connectivity index (χ1v) is 7.13. The summed E-state index contributed by atoms with van der Waals surface area (Å²) in [5.74, 6) is 5.62. The summed E-state index contributed by atoms with van der Waals surface area (Å²) in [7, 11) is 0. The van der Waals surface area contributed by atoms with Crippen LogP contribution in [0.1, 0.15) is 16.5 Å². The molecule has 1 aromatic heterocycles. The van der Waals surface area contributed by atoms with Gasteiger partial charge in [-0.3, -0.25) is 5.84 Å². The Morgan fingerprint density at radius 1 is 1.19 bits per heavy atom. The lowest BCUT2D eigenvalue weighted by Crippen LogP contribution is -2.28. The lowest BCUT2D eigenvalue weighted by molar-refractivity contribution is 0.646. The molecule has 2 nitrogen and oxygen atoms in total. The molecule has 0 radical (unpaired) electrons. The van der Waals surface area contributed by atoms with Gasteiger partial charge in [0, 0.05) is 13.8 Å². The highest BCUT2D eigenvalue weighted by molar-refractivity contribution is 9.11. The summed E-state index contributed by atoms with van der Waals surface area (Å²) in [5.41, 5.74) is 3.97. The standard InChI is InChI=1S/C11H10Br2N2S/c12-8-4-7(5-9(13)6-8)11(15-14)10-2-1-3-16-10/h1-6,11,15H,14H2. The quantitative estimate of drug-likeness (QED) is 0.644. The lowest BCUT2D eigenvalue weighted by Gasteiger charge is -2.15. The van der Waals surface area contributed by atoms with E-state index >= 15 is 0 Å². The number of nitrogens with two attached hydrogens (primary N) is 1. The molecule has 16 heavy (non-hydrogen) atoms. The first-order valence-electron chi connectivity index (χ1n) is 4.66. The van der Waals surface area contributed by atoms with Crippen molar-refractivity contribution in [3.05, 3.63) is 55.1 Å². The van der Waals surface area contributed by atoms with Gasteiger partial charge in [0.05, 0.1) is 6.04 Å². The van der Waals surface area contributed by atoms with Crippen LogP contribution in [-0.4, -0.2) is 0 Å². The number of hydrazine groups is 1. The van der Waals surface area contributed by atoms with Gasteiger partial charge < -0.3 is 0 Å². The highest BCUT2D eigenvalue weighted by Gasteiger charge is 2.14. The molecule has 0 fully saturated rings. The largest absolute Gasteiger partial charge is 0.271 e. The molecule has 0 spiro atoms. The minimum absolute atomic E-state index is 0.0359. The van der Waals surface area contributed by atoms with Gasteiger partial charge in [-0.1, -0.05) is 37.9 Å². The van der Waals surface area contributed by atoms with Gasteiger partial charge in [-0.05, 0) is 35.2 Å². The maximum Gasteiger partial charge on any atom is 0.0803 e. The molecule has 1 aromatic carbocycles. The van der Waals surface area contributed by atoms with E-state index < -0.39 is 0 Å². The Kier molecular flexibility index (Phi) is 4.16. The van der Waals surface area contributed by atoms with E-state index in [4.69, 9.17) is 5.84 Å². The van der Waals surface area contributed by atoms with Crippen molar-refractivity contribution in [2.45, 2.75) is 6.04 Å². The Morgan fingerprint density at radius 3 is 2.38 bits per heavy atom. The Hall–Kier alpha value is -0.200. The molecule has 3 N–H and O–H groups in total. The van der Waals surface area contributed by atoms with Crippen LogP contribution in [0.25, 0.3) is 0 Å². The van der Waals surface area contributed by atoms with Crippen LogP contribution in [0, 0.1) is 0 Å². The topological polar surface area (TPSA) is 38.0 Å². The molecular formula is C11H10Br2N2S. The Labute approximate surface area is 115 Å². The second-order valence-electron chi connectivity index (χ2n) is 3.32. The van der Waals surface area contributed by atoms with Gasteiger partial charge in [0.2, 0.25) is 0 Å². The smallest absolute Gasteiger partial charge is 0.0803 e. The van der Waals surface area contributed by atoms with E-state index in [1.54, 1.807) is 11.3 Å². The number of hydrogen-bond donors (Lipinski definition) is 2. The fourth-order valence-corrected chi connectivity index (χ4v) is 3.68. The summed E-state index contributed by atoms with van der Waals surface area (Å²) >= 11 is 8.65. The third-order valence-corrected chi connectivity index (χ3v) is 4.07. The maximum absolute atomic E-state index is 5.62. The van der Waals surface area contributed by atoms with Crippen molar-refractivity contribution in [2.75, 3.05) is 0 Å².